The van der Waals surface area contributed by atoms with Crippen LogP contribution in [-0.4, -0.2) is 144 Å². The first-order valence-corrected chi connectivity index (χ1v) is 10.3. The molecule has 0 amide bonds. The van der Waals surface area contributed by atoms with Gasteiger partial charge in [0, 0.05) is 0 Å². The third-order valence-corrected chi connectivity index (χ3v) is 5.98. The minimum Gasteiger partial charge on any atom is -0.479 e. The van der Waals surface area contributed by atoms with E-state index in [1.54, 1.807) is 0 Å². The molecule has 3 aliphatic heterocycles. The van der Waals surface area contributed by atoms with Gasteiger partial charge in [-0.25, -0.2) is 4.79 Å². The number of aliphatic carboxylic acids is 1. The molecule has 0 unspecified atom stereocenters. The van der Waals surface area contributed by atoms with E-state index in [0.29, 0.717) is 0 Å². The van der Waals surface area contributed by atoms with Crippen molar-refractivity contribution in [2.45, 2.75) is 106 Å². The Labute approximate surface area is 187 Å². The Kier molecular flexibility index (Phi) is 8.28. The maximum absolute atomic E-state index is 11.8. The fourth-order valence-electron chi connectivity index (χ4n) is 3.90. The first-order valence-electron chi connectivity index (χ1n) is 10.3. The molecule has 3 saturated heterocycles. The van der Waals surface area contributed by atoms with Crippen LogP contribution in [0.2, 0.25) is 0 Å². The van der Waals surface area contributed by atoms with Crippen molar-refractivity contribution in [2.24, 2.45) is 0 Å². The van der Waals surface area contributed by atoms with Crippen LogP contribution in [0.1, 0.15) is 13.8 Å². The Bertz CT molecular complexity index is 679. The lowest BCUT2D eigenvalue weighted by atomic mass is 9.96. The molecule has 3 rings (SSSR count). The van der Waals surface area contributed by atoms with E-state index in [-0.39, 0.29) is 0 Å². The SMILES string of the molecule is C[C@@H]1O[C@@H](O[C@@H]2[C@H](O)[C@@H](O)[C@@H](O[C@@H]3[C@H](O)[C@@H](O)[C@H](C)O[C@H]3O)O[C@@H]2C(=O)O)[C@H](O)[C@H](O)[C@H]1O. The molecule has 0 spiro atoms. The minimum absolute atomic E-state index is 0.958. The van der Waals surface area contributed by atoms with Crippen molar-refractivity contribution in [3.05, 3.63) is 0 Å². The summed E-state index contributed by atoms with van der Waals surface area (Å²) >= 11 is 0. The number of rotatable bonds is 5. The van der Waals surface area contributed by atoms with Gasteiger partial charge >= 0.3 is 5.97 Å². The summed E-state index contributed by atoms with van der Waals surface area (Å²) in [6.45, 7) is 2.74. The Hall–Kier alpha value is -1.05. The predicted molar refractivity (Wildman–Crippen MR) is 99.0 cm³/mol. The summed E-state index contributed by atoms with van der Waals surface area (Å²) in [7, 11) is 0. The number of aliphatic hydroxyl groups excluding tert-OH is 8. The largest absolute Gasteiger partial charge is 0.479 e. The average molecular weight is 486 g/mol. The summed E-state index contributed by atoms with van der Waals surface area (Å²) in [5.74, 6) is -1.67. The van der Waals surface area contributed by atoms with Gasteiger partial charge in [0.2, 0.25) is 0 Å². The van der Waals surface area contributed by atoms with Gasteiger partial charge in [0.05, 0.1) is 12.2 Å². The smallest absolute Gasteiger partial charge is 0.335 e. The molecule has 3 aliphatic rings. The van der Waals surface area contributed by atoms with Crippen LogP contribution in [0, 0.1) is 0 Å². The van der Waals surface area contributed by atoms with Gasteiger partial charge in [-0.3, -0.25) is 0 Å². The zero-order valence-electron chi connectivity index (χ0n) is 17.6. The van der Waals surface area contributed by atoms with Crippen LogP contribution >= 0.6 is 0 Å². The van der Waals surface area contributed by atoms with Crippen LogP contribution in [0.3, 0.4) is 0 Å². The summed E-state index contributed by atoms with van der Waals surface area (Å²) in [6, 6.07) is 0. The van der Waals surface area contributed by atoms with E-state index < -0.39 is 98.1 Å². The molecular weight excluding hydrogens is 456 g/mol. The van der Waals surface area contributed by atoms with Crippen molar-refractivity contribution < 1.29 is 74.4 Å². The Morgan fingerprint density at radius 2 is 1.06 bits per heavy atom. The summed E-state index contributed by atoms with van der Waals surface area (Å²) in [6.07, 6.45) is -25.0. The molecule has 33 heavy (non-hydrogen) atoms. The van der Waals surface area contributed by atoms with Gasteiger partial charge in [-0.05, 0) is 13.8 Å². The fourth-order valence-corrected chi connectivity index (χ4v) is 3.90. The lowest BCUT2D eigenvalue weighted by Crippen LogP contribution is -2.66. The van der Waals surface area contributed by atoms with Crippen molar-refractivity contribution in [3.63, 3.8) is 0 Å². The van der Waals surface area contributed by atoms with Crippen molar-refractivity contribution in [1.29, 1.82) is 0 Å². The van der Waals surface area contributed by atoms with E-state index in [0.717, 1.165) is 0 Å². The molecule has 3 heterocycles. The van der Waals surface area contributed by atoms with Crippen LogP contribution in [0.25, 0.3) is 0 Å². The molecule has 3 fully saturated rings. The molecule has 0 saturated carbocycles. The molecule has 192 valence electrons. The molecule has 0 aliphatic carbocycles. The molecule has 15 nitrogen and oxygen atoms in total. The standard InChI is InChI=1S/C18H30O15/c1-3-6(20)8(22)13(16(28)29-3)32-18-11(25)9(23)12(14(33-18)15(26)27)31-17-10(24)7(21)5(19)4(2)30-17/h3-14,16-25,28H,1-2H3,(H,26,27)/t3-,4-,5-,6-,7+,8+,9+,10+,11+,12+,13+,14-,16+,17-,18-/m0/s1. The Balaban J connectivity index is 1.75. The number of hydrogen-bond donors (Lipinski definition) is 9. The third kappa shape index (κ3) is 5.15. The number of ether oxygens (including phenoxy) is 5. The molecule has 0 radical (unpaired) electrons. The predicted octanol–water partition coefficient (Wildman–Crippen LogP) is -5.43. The summed E-state index contributed by atoms with van der Waals surface area (Å²) in [5.41, 5.74) is 0. The summed E-state index contributed by atoms with van der Waals surface area (Å²) in [4.78, 5) is 11.8. The van der Waals surface area contributed by atoms with Gasteiger partial charge in [-0.2, -0.15) is 0 Å². The quantitative estimate of drug-likeness (QED) is 0.176. The van der Waals surface area contributed by atoms with Crippen molar-refractivity contribution in [2.75, 3.05) is 0 Å². The highest BCUT2D eigenvalue weighted by Crippen LogP contribution is 2.32. The second-order valence-corrected chi connectivity index (χ2v) is 8.34. The molecule has 0 aromatic carbocycles. The first kappa shape index (κ1) is 26.6. The van der Waals surface area contributed by atoms with E-state index in [4.69, 9.17) is 23.7 Å². The van der Waals surface area contributed by atoms with Crippen molar-refractivity contribution in [1.82, 2.24) is 0 Å². The minimum atomic E-state index is -2.01. The van der Waals surface area contributed by atoms with Crippen LogP contribution in [0.5, 0.6) is 0 Å². The lowest BCUT2D eigenvalue weighted by Gasteiger charge is -2.46. The van der Waals surface area contributed by atoms with Gasteiger partial charge in [0.25, 0.3) is 0 Å². The van der Waals surface area contributed by atoms with E-state index in [1.165, 1.54) is 13.8 Å². The van der Waals surface area contributed by atoms with Gasteiger partial charge in [0.15, 0.2) is 25.0 Å². The number of carboxylic acid groups (broad SMARTS) is 1. The molecule has 15 atom stereocenters. The van der Waals surface area contributed by atoms with Gasteiger partial charge in [0.1, 0.15) is 54.9 Å². The zero-order valence-corrected chi connectivity index (χ0v) is 17.6. The topological polar surface area (TPSA) is 245 Å². The molecule has 9 N–H and O–H groups in total. The van der Waals surface area contributed by atoms with Crippen molar-refractivity contribution >= 4 is 5.97 Å². The third-order valence-electron chi connectivity index (χ3n) is 5.98. The maximum atomic E-state index is 11.8. The van der Waals surface area contributed by atoms with E-state index >= 15 is 0 Å². The van der Waals surface area contributed by atoms with E-state index in [2.05, 4.69) is 0 Å². The number of aliphatic hydroxyl groups is 8. The maximum Gasteiger partial charge on any atom is 0.335 e. The monoisotopic (exact) mass is 486 g/mol. The number of carboxylic acids is 1. The normalized spacial score (nSPS) is 53.6. The van der Waals surface area contributed by atoms with Crippen LogP contribution in [0.15, 0.2) is 0 Å². The summed E-state index contributed by atoms with van der Waals surface area (Å²) in [5, 5.41) is 90.4. The Morgan fingerprint density at radius 3 is 1.67 bits per heavy atom. The highest BCUT2D eigenvalue weighted by atomic mass is 16.8. The second kappa shape index (κ2) is 10.3. The van der Waals surface area contributed by atoms with Crippen LogP contribution in [-0.2, 0) is 28.5 Å². The lowest BCUT2D eigenvalue weighted by molar-refractivity contribution is -0.374. The molecule has 0 aromatic heterocycles. The number of hydrogen-bond acceptors (Lipinski definition) is 14. The van der Waals surface area contributed by atoms with Gasteiger partial charge in [-0.15, -0.1) is 0 Å². The van der Waals surface area contributed by atoms with E-state index in [1.807, 2.05) is 0 Å². The Morgan fingerprint density at radius 1 is 0.606 bits per heavy atom. The van der Waals surface area contributed by atoms with Crippen LogP contribution in [0.4, 0.5) is 0 Å². The highest BCUT2D eigenvalue weighted by Gasteiger charge is 2.54. The molecule has 0 bridgehead atoms. The molecule has 15 heteroatoms. The second-order valence-electron chi connectivity index (χ2n) is 8.34. The summed E-state index contributed by atoms with van der Waals surface area (Å²) < 4.78 is 26.0. The number of carbonyl (C=O) groups is 1. The van der Waals surface area contributed by atoms with Crippen LogP contribution < -0.4 is 0 Å². The average Bonchev–Trinajstić information content (AvgIpc) is 2.76. The van der Waals surface area contributed by atoms with E-state index in [9.17, 15) is 50.8 Å². The van der Waals surface area contributed by atoms with Gasteiger partial charge < -0.3 is 69.6 Å². The molecule has 0 aromatic rings. The first-order chi connectivity index (χ1) is 15.3. The highest BCUT2D eigenvalue weighted by molar-refractivity contribution is 5.73. The molecular formula is C18H30O15. The van der Waals surface area contributed by atoms with Crippen molar-refractivity contribution in [3.8, 4) is 0 Å². The van der Waals surface area contributed by atoms with Gasteiger partial charge in [-0.1, -0.05) is 0 Å². The fraction of sp³-hybridized carbons (Fsp3) is 0.944. The zero-order chi connectivity index (χ0) is 24.8.